The zero-order chi connectivity index (χ0) is 21.6. The first-order chi connectivity index (χ1) is 15.1. The summed E-state index contributed by atoms with van der Waals surface area (Å²) < 4.78 is 2.12. The molecule has 0 saturated carbocycles. The van der Waals surface area contributed by atoms with Crippen LogP contribution >= 0.6 is 0 Å². The number of aromatic nitrogens is 1. The van der Waals surface area contributed by atoms with Crippen molar-refractivity contribution in [2.75, 3.05) is 18.4 Å². The Labute approximate surface area is 182 Å². The number of rotatable bonds is 7. The molecule has 1 aliphatic rings. The lowest BCUT2D eigenvalue weighted by Gasteiger charge is -2.24. The number of amides is 2. The third-order valence-corrected chi connectivity index (χ3v) is 5.78. The SMILES string of the molecule is Cn1cccc1[C@@H]1CCCN1CC(=O)Nc1ccccc1C(=O)NCc1ccccc1. The lowest BCUT2D eigenvalue weighted by atomic mass is 10.1. The van der Waals surface area contributed by atoms with Gasteiger partial charge in [0.05, 0.1) is 23.8 Å². The maximum Gasteiger partial charge on any atom is 0.253 e. The van der Waals surface area contributed by atoms with E-state index in [-0.39, 0.29) is 17.9 Å². The van der Waals surface area contributed by atoms with Gasteiger partial charge in [-0.15, -0.1) is 0 Å². The van der Waals surface area contributed by atoms with Crippen LogP contribution in [0.25, 0.3) is 0 Å². The molecule has 1 saturated heterocycles. The number of carbonyl (C=O) groups is 2. The van der Waals surface area contributed by atoms with Gasteiger partial charge in [0, 0.05) is 25.5 Å². The molecule has 2 N–H and O–H groups in total. The quantitative estimate of drug-likeness (QED) is 0.617. The van der Waals surface area contributed by atoms with E-state index in [1.165, 1.54) is 5.69 Å². The van der Waals surface area contributed by atoms with Crippen LogP contribution in [0.3, 0.4) is 0 Å². The molecule has 6 nitrogen and oxygen atoms in total. The summed E-state index contributed by atoms with van der Waals surface area (Å²) in [7, 11) is 2.04. The van der Waals surface area contributed by atoms with E-state index in [0.717, 1.165) is 24.9 Å². The molecule has 3 aromatic rings. The Morgan fingerprint density at radius 3 is 2.55 bits per heavy atom. The zero-order valence-electron chi connectivity index (χ0n) is 17.8. The van der Waals surface area contributed by atoms with Crippen LogP contribution in [0, 0.1) is 0 Å². The summed E-state index contributed by atoms with van der Waals surface area (Å²) in [5.74, 6) is -0.313. The van der Waals surface area contributed by atoms with Crippen molar-refractivity contribution in [2.45, 2.75) is 25.4 Å². The van der Waals surface area contributed by atoms with Gasteiger partial charge in [-0.2, -0.15) is 0 Å². The minimum absolute atomic E-state index is 0.107. The Morgan fingerprint density at radius 1 is 1.00 bits per heavy atom. The van der Waals surface area contributed by atoms with Crippen molar-refractivity contribution in [1.29, 1.82) is 0 Å². The van der Waals surface area contributed by atoms with Crippen LogP contribution in [0.2, 0.25) is 0 Å². The minimum Gasteiger partial charge on any atom is -0.353 e. The smallest absolute Gasteiger partial charge is 0.253 e. The number of hydrogen-bond acceptors (Lipinski definition) is 3. The van der Waals surface area contributed by atoms with E-state index in [1.807, 2.05) is 55.7 Å². The summed E-state index contributed by atoms with van der Waals surface area (Å²) in [6, 6.07) is 21.3. The Balaban J connectivity index is 1.39. The Kier molecular flexibility index (Phi) is 6.48. The van der Waals surface area contributed by atoms with Gasteiger partial charge in [-0.05, 0) is 49.2 Å². The van der Waals surface area contributed by atoms with Crippen LogP contribution in [0.4, 0.5) is 5.69 Å². The van der Waals surface area contributed by atoms with Gasteiger partial charge < -0.3 is 15.2 Å². The van der Waals surface area contributed by atoms with Crippen LogP contribution < -0.4 is 10.6 Å². The van der Waals surface area contributed by atoms with E-state index in [9.17, 15) is 9.59 Å². The van der Waals surface area contributed by atoms with Crippen LogP contribution in [0.15, 0.2) is 72.9 Å². The Bertz CT molecular complexity index is 1040. The van der Waals surface area contributed by atoms with Crippen molar-refractivity contribution in [2.24, 2.45) is 7.05 Å². The van der Waals surface area contributed by atoms with Crippen LogP contribution in [0.5, 0.6) is 0 Å². The number of anilines is 1. The van der Waals surface area contributed by atoms with Gasteiger partial charge in [-0.25, -0.2) is 0 Å². The molecule has 2 aromatic carbocycles. The highest BCUT2D eigenvalue weighted by Gasteiger charge is 2.29. The molecule has 1 aliphatic heterocycles. The van der Waals surface area contributed by atoms with E-state index in [4.69, 9.17) is 0 Å². The van der Waals surface area contributed by atoms with Gasteiger partial charge in [-0.3, -0.25) is 14.5 Å². The predicted octanol–water partition coefficient (Wildman–Crippen LogP) is 3.73. The van der Waals surface area contributed by atoms with E-state index in [0.29, 0.717) is 24.3 Å². The average Bonchev–Trinajstić information content (AvgIpc) is 3.41. The van der Waals surface area contributed by atoms with Crippen molar-refractivity contribution in [3.8, 4) is 0 Å². The Hall–Kier alpha value is -3.38. The summed E-state index contributed by atoms with van der Waals surface area (Å²) >= 11 is 0. The molecule has 4 rings (SSSR count). The maximum absolute atomic E-state index is 12.8. The fourth-order valence-electron chi connectivity index (χ4n) is 4.21. The highest BCUT2D eigenvalue weighted by molar-refractivity contribution is 6.04. The molecule has 31 heavy (non-hydrogen) atoms. The fourth-order valence-corrected chi connectivity index (χ4v) is 4.21. The molecule has 0 spiro atoms. The van der Waals surface area contributed by atoms with Crippen molar-refractivity contribution in [1.82, 2.24) is 14.8 Å². The Morgan fingerprint density at radius 2 is 1.77 bits per heavy atom. The number of nitrogens with zero attached hydrogens (tertiary/aromatic N) is 2. The fraction of sp³-hybridized carbons (Fsp3) is 0.280. The van der Waals surface area contributed by atoms with Crippen molar-refractivity contribution < 1.29 is 9.59 Å². The molecule has 2 amide bonds. The molecule has 0 unspecified atom stereocenters. The molecule has 160 valence electrons. The molecule has 0 radical (unpaired) electrons. The zero-order valence-corrected chi connectivity index (χ0v) is 17.8. The average molecular weight is 417 g/mol. The minimum atomic E-state index is -0.206. The first-order valence-electron chi connectivity index (χ1n) is 10.7. The molecule has 1 aromatic heterocycles. The summed E-state index contributed by atoms with van der Waals surface area (Å²) in [5.41, 5.74) is 3.25. The van der Waals surface area contributed by atoms with Crippen LogP contribution in [-0.4, -0.2) is 34.4 Å². The van der Waals surface area contributed by atoms with Gasteiger partial charge in [-0.1, -0.05) is 42.5 Å². The van der Waals surface area contributed by atoms with Crippen molar-refractivity contribution in [3.63, 3.8) is 0 Å². The number of hydrogen-bond donors (Lipinski definition) is 2. The molecule has 1 atom stereocenters. The normalized spacial score (nSPS) is 16.2. The summed E-state index contributed by atoms with van der Waals surface area (Å²) in [4.78, 5) is 27.8. The first kappa shape index (κ1) is 20.9. The molecule has 2 heterocycles. The maximum atomic E-state index is 12.8. The number of aryl methyl sites for hydroxylation is 1. The topological polar surface area (TPSA) is 66.4 Å². The van der Waals surface area contributed by atoms with Gasteiger partial charge in [0.15, 0.2) is 0 Å². The predicted molar refractivity (Wildman–Crippen MR) is 122 cm³/mol. The third-order valence-electron chi connectivity index (χ3n) is 5.78. The standard InChI is InChI=1S/C25H28N4O2/c1-28-15-7-13-22(28)23-14-8-16-29(23)18-24(30)27-21-12-6-5-11-20(21)25(31)26-17-19-9-3-2-4-10-19/h2-7,9-13,15,23H,8,14,16-18H2,1H3,(H,26,31)(H,27,30)/t23-/m0/s1. The van der Waals surface area contributed by atoms with Gasteiger partial charge in [0.25, 0.3) is 5.91 Å². The first-order valence-corrected chi connectivity index (χ1v) is 10.7. The molecule has 0 bridgehead atoms. The van der Waals surface area contributed by atoms with Crippen LogP contribution in [0.1, 0.15) is 40.5 Å². The highest BCUT2D eigenvalue weighted by Crippen LogP contribution is 2.31. The molecular weight excluding hydrogens is 388 g/mol. The number of para-hydroxylation sites is 1. The van der Waals surface area contributed by atoms with E-state index in [1.54, 1.807) is 18.2 Å². The molecule has 0 aliphatic carbocycles. The summed E-state index contributed by atoms with van der Waals surface area (Å²) in [5, 5.41) is 5.88. The van der Waals surface area contributed by atoms with E-state index >= 15 is 0 Å². The number of benzene rings is 2. The second-order valence-corrected chi connectivity index (χ2v) is 7.93. The van der Waals surface area contributed by atoms with Crippen molar-refractivity contribution in [3.05, 3.63) is 89.7 Å². The highest BCUT2D eigenvalue weighted by atomic mass is 16.2. The largest absolute Gasteiger partial charge is 0.353 e. The monoisotopic (exact) mass is 416 g/mol. The number of carbonyl (C=O) groups excluding carboxylic acids is 2. The number of nitrogens with one attached hydrogen (secondary N) is 2. The molecular formula is C25H28N4O2. The molecule has 1 fully saturated rings. The van der Waals surface area contributed by atoms with Gasteiger partial charge >= 0.3 is 0 Å². The third kappa shape index (κ3) is 5.03. The lowest BCUT2D eigenvalue weighted by Crippen LogP contribution is -2.34. The van der Waals surface area contributed by atoms with E-state index < -0.39 is 0 Å². The summed E-state index contributed by atoms with van der Waals surface area (Å²) in [6.45, 7) is 1.63. The second kappa shape index (κ2) is 9.62. The lowest BCUT2D eigenvalue weighted by molar-refractivity contribution is -0.117. The summed E-state index contributed by atoms with van der Waals surface area (Å²) in [6.07, 6.45) is 4.15. The van der Waals surface area contributed by atoms with Crippen molar-refractivity contribution >= 4 is 17.5 Å². The van der Waals surface area contributed by atoms with E-state index in [2.05, 4.69) is 26.2 Å². The van der Waals surface area contributed by atoms with Gasteiger partial charge in [0.1, 0.15) is 0 Å². The van der Waals surface area contributed by atoms with Gasteiger partial charge in [0.2, 0.25) is 5.91 Å². The second-order valence-electron chi connectivity index (χ2n) is 7.93. The molecule has 6 heteroatoms. The number of likely N-dealkylation sites (tertiary alicyclic amines) is 1. The van der Waals surface area contributed by atoms with Crippen LogP contribution in [-0.2, 0) is 18.4 Å².